The maximum Gasteiger partial charge on any atom is 0.175 e. The first-order chi connectivity index (χ1) is 13.5. The molecule has 0 saturated carbocycles. The molecule has 0 bridgehead atoms. The van der Waals surface area contributed by atoms with Gasteiger partial charge in [0.25, 0.3) is 0 Å². The van der Waals surface area contributed by atoms with Gasteiger partial charge in [-0.05, 0) is 79.0 Å². The van der Waals surface area contributed by atoms with Crippen LogP contribution >= 0.6 is 56.3 Å². The van der Waals surface area contributed by atoms with Crippen LogP contribution in [0.5, 0.6) is 0 Å². The molecule has 28 heavy (non-hydrogen) atoms. The van der Waals surface area contributed by atoms with Crippen molar-refractivity contribution in [2.24, 2.45) is 0 Å². The predicted molar refractivity (Wildman–Crippen MR) is 132 cm³/mol. The van der Waals surface area contributed by atoms with Gasteiger partial charge >= 0.3 is 0 Å². The number of aromatic nitrogens is 1. The molecule has 1 aromatic heterocycles. The fourth-order valence-corrected chi connectivity index (χ4v) is 3.22. The van der Waals surface area contributed by atoms with Crippen molar-refractivity contribution in [1.29, 1.82) is 0 Å². The van der Waals surface area contributed by atoms with Crippen LogP contribution in [0.4, 0.5) is 22.7 Å². The summed E-state index contributed by atoms with van der Waals surface area (Å²) in [5.41, 5.74) is 3.23. The molecule has 9 heteroatoms. The van der Waals surface area contributed by atoms with Crippen LogP contribution in [0.3, 0.4) is 0 Å². The Hall–Kier alpha value is -2.07. The molecule has 0 aliphatic heterocycles. The van der Waals surface area contributed by atoms with Gasteiger partial charge in [-0.1, -0.05) is 31.9 Å². The number of hydrogen-bond acceptors (Lipinski definition) is 3. The number of nitrogens with one attached hydrogen (secondary N) is 4. The summed E-state index contributed by atoms with van der Waals surface area (Å²) in [6.45, 7) is 0. The van der Waals surface area contributed by atoms with Crippen LogP contribution in [0.15, 0.2) is 75.9 Å². The lowest BCUT2D eigenvalue weighted by Gasteiger charge is -2.16. The molecule has 0 saturated heterocycles. The summed E-state index contributed by atoms with van der Waals surface area (Å²) in [6, 6.07) is 17.3. The number of hydrogen-bond donors (Lipinski definition) is 4. The maximum absolute atomic E-state index is 5.41. The van der Waals surface area contributed by atoms with E-state index in [1.165, 1.54) is 0 Å². The van der Waals surface area contributed by atoms with Crippen LogP contribution in [-0.4, -0.2) is 15.2 Å². The van der Waals surface area contributed by atoms with Crippen molar-refractivity contribution in [3.05, 3.63) is 75.9 Å². The van der Waals surface area contributed by atoms with Gasteiger partial charge in [0.2, 0.25) is 0 Å². The number of pyridine rings is 1. The molecule has 1 heterocycles. The Labute approximate surface area is 190 Å². The van der Waals surface area contributed by atoms with Crippen LogP contribution in [0.2, 0.25) is 0 Å². The summed E-state index contributed by atoms with van der Waals surface area (Å²) in [5, 5.41) is 13.5. The molecule has 2 aromatic carbocycles. The largest absolute Gasteiger partial charge is 0.332 e. The van der Waals surface area contributed by atoms with Crippen molar-refractivity contribution in [3.63, 3.8) is 0 Å². The number of nitrogens with zero attached hydrogens (tertiary/aromatic N) is 1. The summed E-state index contributed by atoms with van der Waals surface area (Å²) in [6.07, 6.45) is 3.36. The van der Waals surface area contributed by atoms with Gasteiger partial charge in [0.15, 0.2) is 10.2 Å². The van der Waals surface area contributed by atoms with Gasteiger partial charge in [-0.15, -0.1) is 0 Å². The van der Waals surface area contributed by atoms with Crippen molar-refractivity contribution < 1.29 is 0 Å². The van der Waals surface area contributed by atoms with Crippen LogP contribution < -0.4 is 21.3 Å². The lowest BCUT2D eigenvalue weighted by Crippen LogP contribution is -2.23. The molecule has 142 valence electrons. The summed E-state index contributed by atoms with van der Waals surface area (Å²) in [7, 11) is 0. The van der Waals surface area contributed by atoms with Gasteiger partial charge in [-0.25, -0.2) is 0 Å². The van der Waals surface area contributed by atoms with Gasteiger partial charge in [-0.2, -0.15) is 0 Å². The lowest BCUT2D eigenvalue weighted by atomic mass is 10.3. The van der Waals surface area contributed by atoms with E-state index in [1.807, 2.05) is 54.6 Å². The van der Waals surface area contributed by atoms with Gasteiger partial charge < -0.3 is 21.3 Å². The second-order valence-corrected chi connectivity index (χ2v) is 8.24. The third kappa shape index (κ3) is 6.23. The van der Waals surface area contributed by atoms with Crippen LogP contribution in [0.1, 0.15) is 0 Å². The fraction of sp³-hybridized carbons (Fsp3) is 0. The van der Waals surface area contributed by atoms with Crippen molar-refractivity contribution in [2.75, 3.05) is 21.3 Å². The normalized spacial score (nSPS) is 10.1. The Balaban J connectivity index is 1.63. The second kappa shape index (κ2) is 9.92. The first-order valence-electron chi connectivity index (χ1n) is 8.11. The van der Waals surface area contributed by atoms with Gasteiger partial charge in [0, 0.05) is 26.5 Å². The molecule has 0 atom stereocenters. The first-order valence-corrected chi connectivity index (χ1v) is 10.5. The van der Waals surface area contributed by atoms with E-state index >= 15 is 0 Å². The molecule has 3 aromatic rings. The molecule has 0 aliphatic carbocycles. The van der Waals surface area contributed by atoms with E-state index in [-0.39, 0.29) is 0 Å². The molecular weight excluding hydrogens is 522 g/mol. The molecular formula is C19H15Br2N5S2. The number of rotatable bonds is 4. The maximum atomic E-state index is 5.41. The summed E-state index contributed by atoms with van der Waals surface area (Å²) >= 11 is 17.6. The molecule has 5 nitrogen and oxygen atoms in total. The van der Waals surface area contributed by atoms with E-state index in [1.54, 1.807) is 12.4 Å². The average molecular weight is 537 g/mol. The highest BCUT2D eigenvalue weighted by Gasteiger charge is 2.07. The third-order valence-electron chi connectivity index (χ3n) is 3.52. The predicted octanol–water partition coefficient (Wildman–Crippen LogP) is 6.22. The Kier molecular flexibility index (Phi) is 7.32. The van der Waals surface area contributed by atoms with Crippen molar-refractivity contribution in [2.45, 2.75) is 0 Å². The molecule has 0 unspecified atom stereocenters. The summed E-state index contributed by atoms with van der Waals surface area (Å²) < 4.78 is 2.01. The third-order valence-corrected chi connectivity index (χ3v) is 4.99. The van der Waals surface area contributed by atoms with Gasteiger partial charge in [-0.3, -0.25) is 4.98 Å². The number of benzene rings is 2. The van der Waals surface area contributed by atoms with E-state index in [9.17, 15) is 0 Å². The molecule has 0 amide bonds. The quantitative estimate of drug-likeness (QED) is 0.295. The minimum atomic E-state index is 0.449. The second-order valence-electron chi connectivity index (χ2n) is 5.59. The van der Waals surface area contributed by atoms with Crippen LogP contribution in [0, 0.1) is 0 Å². The summed E-state index contributed by atoms with van der Waals surface area (Å²) in [5.74, 6) is 0. The molecule has 3 rings (SSSR count). The van der Waals surface area contributed by atoms with E-state index in [0.29, 0.717) is 15.9 Å². The Bertz CT molecular complexity index is 898. The smallest absolute Gasteiger partial charge is 0.175 e. The molecule has 4 N–H and O–H groups in total. The zero-order valence-corrected chi connectivity index (χ0v) is 19.2. The SMILES string of the molecule is S=C(Nc1ccc(Br)cc1)Nc1ccncc1NC(=S)Nc1ccc(Br)cc1. The standard InChI is InChI=1S/C19H15Br2N5S2/c20-12-1-5-14(6-2-12)23-18(27)25-16-9-10-22-11-17(16)26-19(28)24-15-7-3-13(21)4-8-15/h1-11H,(H2,24,26,28)(H2,22,23,25,27). The van der Waals surface area contributed by atoms with E-state index in [2.05, 4.69) is 58.1 Å². The van der Waals surface area contributed by atoms with Crippen LogP contribution in [0.25, 0.3) is 0 Å². The monoisotopic (exact) mass is 535 g/mol. The Morgan fingerprint density at radius 2 is 1.11 bits per heavy atom. The zero-order valence-electron chi connectivity index (χ0n) is 14.4. The molecule has 0 spiro atoms. The molecule has 0 radical (unpaired) electrons. The van der Waals surface area contributed by atoms with E-state index in [0.717, 1.165) is 26.0 Å². The topological polar surface area (TPSA) is 61.0 Å². The zero-order chi connectivity index (χ0) is 19.9. The minimum Gasteiger partial charge on any atom is -0.332 e. The first kappa shape index (κ1) is 20.7. The lowest BCUT2D eigenvalue weighted by molar-refractivity contribution is 1.33. The van der Waals surface area contributed by atoms with Crippen molar-refractivity contribution in [1.82, 2.24) is 4.98 Å². The highest BCUT2D eigenvalue weighted by atomic mass is 79.9. The number of halogens is 2. The minimum absolute atomic E-state index is 0.449. The van der Waals surface area contributed by atoms with E-state index < -0.39 is 0 Å². The number of thiocarbonyl (C=S) groups is 2. The Morgan fingerprint density at radius 1 is 0.643 bits per heavy atom. The highest BCUT2D eigenvalue weighted by Crippen LogP contribution is 2.21. The summed E-state index contributed by atoms with van der Waals surface area (Å²) in [4.78, 5) is 4.15. The molecule has 0 fully saturated rings. The van der Waals surface area contributed by atoms with Crippen LogP contribution in [-0.2, 0) is 0 Å². The average Bonchev–Trinajstić information content (AvgIpc) is 2.67. The Morgan fingerprint density at radius 3 is 1.61 bits per heavy atom. The van der Waals surface area contributed by atoms with Gasteiger partial charge in [0.05, 0.1) is 17.6 Å². The number of anilines is 4. The van der Waals surface area contributed by atoms with E-state index in [4.69, 9.17) is 24.4 Å². The van der Waals surface area contributed by atoms with Gasteiger partial charge in [0.1, 0.15) is 0 Å². The van der Waals surface area contributed by atoms with Crippen molar-refractivity contribution in [3.8, 4) is 0 Å². The fourth-order valence-electron chi connectivity index (χ4n) is 2.24. The highest BCUT2D eigenvalue weighted by molar-refractivity contribution is 9.10. The molecule has 0 aliphatic rings. The van der Waals surface area contributed by atoms with Crippen molar-refractivity contribution >= 4 is 89.3 Å².